The van der Waals surface area contributed by atoms with Crippen molar-refractivity contribution in [2.24, 2.45) is 5.73 Å². The van der Waals surface area contributed by atoms with Crippen LogP contribution in [0.1, 0.15) is 6.92 Å². The van der Waals surface area contributed by atoms with Gasteiger partial charge in [-0.1, -0.05) is 17.4 Å². The molecule has 0 amide bonds. The fraction of sp³-hybridized carbons (Fsp3) is 0.222. The number of aliphatic hydroxyl groups excluding tert-OH is 1. The molecule has 2 rings (SSSR count). The van der Waals surface area contributed by atoms with Crippen LogP contribution in [0.25, 0.3) is 11.8 Å². The number of anilines is 1. The number of hydrogen-bond acceptors (Lipinski definition) is 5. The molecule has 0 bridgehead atoms. The molecule has 0 fully saturated rings. The van der Waals surface area contributed by atoms with Crippen LogP contribution in [0, 0.1) is 0 Å². The van der Waals surface area contributed by atoms with Crippen LogP contribution in [0.15, 0.2) is 12.2 Å². The first-order chi connectivity index (χ1) is 6.48. The summed E-state index contributed by atoms with van der Waals surface area (Å²) >= 11 is 1.32. The first kappa shape index (κ1) is 9.23. The maximum Gasteiger partial charge on any atom is 0.181 e. The lowest BCUT2D eigenvalue weighted by atomic mass is 10.0. The summed E-state index contributed by atoms with van der Waals surface area (Å²) in [5.74, 6) is 0.110. The molecular weight excluding hydrogens is 198 g/mol. The molecule has 1 heterocycles. The van der Waals surface area contributed by atoms with Gasteiger partial charge in [0.15, 0.2) is 5.13 Å². The Labute approximate surface area is 84.9 Å². The number of nitrogens with two attached hydrogens (primary N) is 2. The third kappa shape index (κ3) is 1.51. The minimum Gasteiger partial charge on any atom is -0.506 e. The van der Waals surface area contributed by atoms with Crippen LogP contribution in [0.5, 0.6) is 0 Å². The largest absolute Gasteiger partial charge is 0.506 e. The van der Waals surface area contributed by atoms with Gasteiger partial charge in [-0.05, 0) is 19.1 Å². The van der Waals surface area contributed by atoms with E-state index in [4.69, 9.17) is 11.5 Å². The van der Waals surface area contributed by atoms with Gasteiger partial charge >= 0.3 is 0 Å². The summed E-state index contributed by atoms with van der Waals surface area (Å²) in [6.07, 6.45) is 5.13. The van der Waals surface area contributed by atoms with Crippen molar-refractivity contribution >= 4 is 28.3 Å². The maximum absolute atomic E-state index is 9.63. The predicted octanol–water partition coefficient (Wildman–Crippen LogP) is -0.541. The minimum atomic E-state index is -0.571. The van der Waals surface area contributed by atoms with Crippen LogP contribution in [0.2, 0.25) is 0 Å². The topological polar surface area (TPSA) is 85.2 Å². The van der Waals surface area contributed by atoms with Gasteiger partial charge in [0.25, 0.3) is 0 Å². The van der Waals surface area contributed by atoms with Crippen molar-refractivity contribution in [3.8, 4) is 0 Å². The molecule has 1 aromatic heterocycles. The Hall–Kier alpha value is -1.33. The van der Waals surface area contributed by atoms with Crippen molar-refractivity contribution in [2.75, 3.05) is 5.73 Å². The number of aromatic nitrogens is 1. The van der Waals surface area contributed by atoms with E-state index in [0.717, 1.165) is 4.53 Å². The molecule has 5 N–H and O–H groups in total. The van der Waals surface area contributed by atoms with Crippen molar-refractivity contribution in [3.05, 3.63) is 22.0 Å². The van der Waals surface area contributed by atoms with Crippen LogP contribution < -0.4 is 21.3 Å². The summed E-state index contributed by atoms with van der Waals surface area (Å²) < 4.78 is 0.815. The van der Waals surface area contributed by atoms with Gasteiger partial charge < -0.3 is 16.6 Å². The second-order valence-electron chi connectivity index (χ2n) is 3.49. The Morgan fingerprint density at radius 3 is 3.00 bits per heavy atom. The first-order valence-electron chi connectivity index (χ1n) is 4.14. The van der Waals surface area contributed by atoms with Gasteiger partial charge in [-0.15, -0.1) is 0 Å². The molecule has 1 aliphatic rings. The number of rotatable bonds is 0. The van der Waals surface area contributed by atoms with E-state index in [1.54, 1.807) is 12.2 Å². The van der Waals surface area contributed by atoms with Crippen LogP contribution in [-0.2, 0) is 0 Å². The van der Waals surface area contributed by atoms with Crippen molar-refractivity contribution in [2.45, 2.75) is 12.5 Å². The SMILES string of the molecule is CC1(N)C=CC(O)=c2nc(N)sc2=C1. The van der Waals surface area contributed by atoms with E-state index in [-0.39, 0.29) is 5.76 Å². The Morgan fingerprint density at radius 2 is 2.29 bits per heavy atom. The van der Waals surface area contributed by atoms with Crippen molar-refractivity contribution < 1.29 is 5.11 Å². The molecule has 0 saturated heterocycles. The molecule has 1 unspecified atom stereocenters. The Balaban J connectivity index is 2.85. The molecule has 4 nitrogen and oxygen atoms in total. The first-order valence-corrected chi connectivity index (χ1v) is 4.96. The second kappa shape index (κ2) is 2.83. The van der Waals surface area contributed by atoms with E-state index in [9.17, 15) is 5.11 Å². The lowest BCUT2D eigenvalue weighted by molar-refractivity contribution is 0.509. The maximum atomic E-state index is 9.63. The van der Waals surface area contributed by atoms with Gasteiger partial charge in [0.05, 0.1) is 10.1 Å². The molecule has 0 aliphatic heterocycles. The molecule has 14 heavy (non-hydrogen) atoms. The summed E-state index contributed by atoms with van der Waals surface area (Å²) in [4.78, 5) is 4.03. The molecular formula is C9H11N3OS. The fourth-order valence-electron chi connectivity index (χ4n) is 1.30. The molecule has 5 heteroatoms. The molecule has 1 aromatic rings. The Bertz CT molecular complexity index is 513. The average Bonchev–Trinajstić information content (AvgIpc) is 2.37. The number of aliphatic hydroxyl groups is 1. The molecule has 74 valence electrons. The van der Waals surface area contributed by atoms with E-state index < -0.39 is 5.54 Å². The zero-order valence-corrected chi connectivity index (χ0v) is 8.51. The molecule has 1 atom stereocenters. The van der Waals surface area contributed by atoms with Crippen LogP contribution in [0.3, 0.4) is 0 Å². The average molecular weight is 209 g/mol. The van der Waals surface area contributed by atoms with E-state index in [0.29, 0.717) is 10.5 Å². The zero-order valence-electron chi connectivity index (χ0n) is 7.69. The standard InChI is InChI=1S/C9H11N3OS/c1-9(11)3-2-5(13)7-6(4-9)14-8(10)12-7/h2-4,13H,11H2,1H3,(H2,10,12). The number of nitrogen functional groups attached to an aromatic ring is 1. The highest BCUT2D eigenvalue weighted by Gasteiger charge is 2.14. The van der Waals surface area contributed by atoms with Crippen molar-refractivity contribution in [1.29, 1.82) is 0 Å². The third-order valence-corrected chi connectivity index (χ3v) is 2.79. The normalized spacial score (nSPS) is 25.4. The van der Waals surface area contributed by atoms with Gasteiger partial charge in [0.2, 0.25) is 0 Å². The summed E-state index contributed by atoms with van der Waals surface area (Å²) in [5, 5.41) is 10.6. The Morgan fingerprint density at radius 1 is 1.57 bits per heavy atom. The quantitative estimate of drug-likeness (QED) is 0.535. The summed E-state index contributed by atoms with van der Waals surface area (Å²) in [6.45, 7) is 1.85. The summed E-state index contributed by atoms with van der Waals surface area (Å²) in [7, 11) is 0. The smallest absolute Gasteiger partial charge is 0.181 e. The number of nitrogens with zero attached hydrogens (tertiary/aromatic N) is 1. The van der Waals surface area contributed by atoms with Gasteiger partial charge in [-0.2, -0.15) is 0 Å². The fourth-order valence-corrected chi connectivity index (χ4v) is 2.22. The highest BCUT2D eigenvalue weighted by Crippen LogP contribution is 2.09. The Kier molecular flexibility index (Phi) is 1.87. The lowest BCUT2D eigenvalue weighted by Gasteiger charge is -2.12. The summed E-state index contributed by atoms with van der Waals surface area (Å²) in [6, 6.07) is 0. The monoisotopic (exact) mass is 209 g/mol. The van der Waals surface area contributed by atoms with Crippen LogP contribution >= 0.6 is 11.3 Å². The zero-order chi connectivity index (χ0) is 10.3. The highest BCUT2D eigenvalue weighted by molar-refractivity contribution is 7.13. The molecule has 0 radical (unpaired) electrons. The van der Waals surface area contributed by atoms with Crippen molar-refractivity contribution in [3.63, 3.8) is 0 Å². The van der Waals surface area contributed by atoms with Gasteiger partial charge in [0, 0.05) is 0 Å². The van der Waals surface area contributed by atoms with Crippen molar-refractivity contribution in [1.82, 2.24) is 4.98 Å². The van der Waals surface area contributed by atoms with E-state index in [2.05, 4.69) is 4.98 Å². The number of fused-ring (bicyclic) bond motifs is 1. The minimum absolute atomic E-state index is 0.110. The van der Waals surface area contributed by atoms with Crippen LogP contribution in [0.4, 0.5) is 5.13 Å². The van der Waals surface area contributed by atoms with Crippen LogP contribution in [-0.4, -0.2) is 15.6 Å². The number of hydrogen-bond donors (Lipinski definition) is 3. The highest BCUT2D eigenvalue weighted by atomic mass is 32.1. The van der Waals surface area contributed by atoms with E-state index in [1.807, 2.05) is 13.0 Å². The summed E-state index contributed by atoms with van der Waals surface area (Å²) in [5.41, 5.74) is 10.9. The van der Waals surface area contributed by atoms with E-state index >= 15 is 0 Å². The number of thiazole rings is 1. The predicted molar refractivity (Wildman–Crippen MR) is 58.0 cm³/mol. The van der Waals surface area contributed by atoms with Gasteiger partial charge in [-0.3, -0.25) is 0 Å². The molecule has 0 spiro atoms. The molecule has 0 saturated carbocycles. The van der Waals surface area contributed by atoms with Gasteiger partial charge in [0.1, 0.15) is 11.1 Å². The molecule has 0 aromatic carbocycles. The van der Waals surface area contributed by atoms with Gasteiger partial charge in [-0.25, -0.2) is 4.98 Å². The third-order valence-electron chi connectivity index (χ3n) is 1.95. The van der Waals surface area contributed by atoms with E-state index in [1.165, 1.54) is 11.3 Å². The molecule has 1 aliphatic carbocycles. The second-order valence-corrected chi connectivity index (χ2v) is 4.56. The lowest BCUT2D eigenvalue weighted by Crippen LogP contribution is -2.34.